The zero-order valence-corrected chi connectivity index (χ0v) is 9.92. The summed E-state index contributed by atoms with van der Waals surface area (Å²) < 4.78 is 2.82. The van der Waals surface area contributed by atoms with Crippen molar-refractivity contribution in [2.24, 2.45) is 7.05 Å². The van der Waals surface area contributed by atoms with Crippen molar-refractivity contribution in [3.8, 4) is 0 Å². The lowest BCUT2D eigenvalue weighted by Gasteiger charge is -1.82. The Bertz CT molecular complexity index is 416. The molecule has 2 aromatic heterocycles. The van der Waals surface area contributed by atoms with Gasteiger partial charge in [-0.3, -0.25) is 4.68 Å². The molecule has 2 heterocycles. The first-order chi connectivity index (χ1) is 6.74. The van der Waals surface area contributed by atoms with Crippen LogP contribution in [-0.4, -0.2) is 14.8 Å². The minimum atomic E-state index is 0.987. The van der Waals surface area contributed by atoms with Gasteiger partial charge in [0.15, 0.2) is 0 Å². The summed E-state index contributed by atoms with van der Waals surface area (Å²) in [5.41, 5.74) is 1.08. The van der Waals surface area contributed by atoms with E-state index < -0.39 is 0 Å². The number of aromatic nitrogens is 3. The minimum Gasteiger partial charge on any atom is -0.275 e. The molecule has 0 spiro atoms. The quantitative estimate of drug-likeness (QED) is 0.840. The Morgan fingerprint density at radius 2 is 2.29 bits per heavy atom. The Morgan fingerprint density at radius 1 is 1.43 bits per heavy atom. The Morgan fingerprint density at radius 3 is 2.86 bits per heavy atom. The van der Waals surface area contributed by atoms with Crippen LogP contribution in [0.1, 0.15) is 10.6 Å². The van der Waals surface area contributed by atoms with Gasteiger partial charge in [0.2, 0.25) is 0 Å². The number of nitrogens with zero attached hydrogens (tertiary/aromatic N) is 3. The van der Waals surface area contributed by atoms with Gasteiger partial charge in [-0.2, -0.15) is 5.10 Å². The maximum Gasteiger partial charge on any atom is 0.117 e. The Hall–Kier alpha value is -0.940. The van der Waals surface area contributed by atoms with E-state index in [-0.39, 0.29) is 0 Å². The summed E-state index contributed by atoms with van der Waals surface area (Å²) in [5, 5.41) is 5.06. The highest BCUT2D eigenvalue weighted by Crippen LogP contribution is 2.20. The van der Waals surface area contributed by atoms with Gasteiger partial charge in [-0.1, -0.05) is 0 Å². The number of hydrogen-bond acceptors (Lipinski definition) is 3. The lowest BCUT2D eigenvalue weighted by atomic mass is 10.3. The van der Waals surface area contributed by atoms with Gasteiger partial charge in [-0.15, -0.1) is 11.3 Å². The number of thiazole rings is 1. The predicted molar refractivity (Wildman–Crippen MR) is 62.0 cm³/mol. The minimum absolute atomic E-state index is 0.987. The average Bonchev–Trinajstić information content (AvgIpc) is 2.72. The highest BCUT2D eigenvalue weighted by atomic mass is 79.9. The summed E-state index contributed by atoms with van der Waals surface area (Å²) >= 11 is 4.97. The van der Waals surface area contributed by atoms with E-state index in [0.717, 1.165) is 14.4 Å². The van der Waals surface area contributed by atoms with Crippen molar-refractivity contribution in [1.29, 1.82) is 0 Å². The van der Waals surface area contributed by atoms with Gasteiger partial charge < -0.3 is 0 Å². The lowest BCUT2D eigenvalue weighted by Crippen LogP contribution is -1.83. The fourth-order valence-electron chi connectivity index (χ4n) is 1.04. The van der Waals surface area contributed by atoms with E-state index in [1.54, 1.807) is 22.2 Å². The summed E-state index contributed by atoms with van der Waals surface area (Å²) in [6.45, 7) is 0. The van der Waals surface area contributed by atoms with Crippen LogP contribution in [0, 0.1) is 0 Å². The molecule has 0 aliphatic heterocycles. The molecule has 0 unspecified atom stereocenters. The molecule has 0 aliphatic rings. The van der Waals surface area contributed by atoms with Crippen LogP contribution >= 0.6 is 27.3 Å². The predicted octanol–water partition coefficient (Wildman–Crippen LogP) is 2.81. The van der Waals surface area contributed by atoms with Gasteiger partial charge in [0.1, 0.15) is 5.01 Å². The molecule has 0 aromatic carbocycles. The monoisotopic (exact) mass is 269 g/mol. The standard InChI is InChI=1S/C9H8BrN3S/c1-13-6-7(4-12-13)2-3-9-11-5-8(10)14-9/h2-6H,1H3/b3-2+. The second-order valence-corrected chi connectivity index (χ2v) is 5.22. The first kappa shape index (κ1) is 9.61. The molecule has 5 heteroatoms. The molecule has 2 aromatic rings. The van der Waals surface area contributed by atoms with E-state index >= 15 is 0 Å². The fourth-order valence-corrected chi connectivity index (χ4v) is 2.18. The molecule has 0 N–H and O–H groups in total. The first-order valence-electron chi connectivity index (χ1n) is 4.02. The summed E-state index contributed by atoms with van der Waals surface area (Å²) in [5.74, 6) is 0. The fraction of sp³-hybridized carbons (Fsp3) is 0.111. The molecule has 0 fully saturated rings. The van der Waals surface area contributed by atoms with Gasteiger partial charge >= 0.3 is 0 Å². The molecule has 0 amide bonds. The summed E-state index contributed by atoms with van der Waals surface area (Å²) in [4.78, 5) is 4.20. The van der Waals surface area contributed by atoms with Gasteiger partial charge in [-0.25, -0.2) is 4.98 Å². The highest BCUT2D eigenvalue weighted by molar-refractivity contribution is 9.11. The highest BCUT2D eigenvalue weighted by Gasteiger charge is 1.95. The first-order valence-corrected chi connectivity index (χ1v) is 5.63. The Kier molecular flexibility index (Phi) is 2.79. The van der Waals surface area contributed by atoms with Crippen LogP contribution in [0.3, 0.4) is 0 Å². The summed E-state index contributed by atoms with van der Waals surface area (Å²) in [7, 11) is 1.90. The molecule has 0 radical (unpaired) electrons. The summed E-state index contributed by atoms with van der Waals surface area (Å²) in [6.07, 6.45) is 9.55. The van der Waals surface area contributed by atoms with Crippen LogP contribution in [-0.2, 0) is 7.05 Å². The molecule has 2 rings (SSSR count). The SMILES string of the molecule is Cn1cc(/C=C/c2ncc(Br)s2)cn1. The molecule has 0 aliphatic carbocycles. The van der Waals surface area contributed by atoms with Gasteiger partial charge in [0.05, 0.1) is 16.2 Å². The third kappa shape index (κ3) is 2.30. The van der Waals surface area contributed by atoms with Gasteiger partial charge in [0, 0.05) is 18.8 Å². The molecule has 72 valence electrons. The normalized spacial score (nSPS) is 11.3. The summed E-state index contributed by atoms with van der Waals surface area (Å²) in [6, 6.07) is 0. The average molecular weight is 270 g/mol. The third-order valence-electron chi connectivity index (χ3n) is 1.64. The maximum absolute atomic E-state index is 4.20. The molecular formula is C9H8BrN3S. The zero-order valence-electron chi connectivity index (χ0n) is 7.51. The zero-order chi connectivity index (χ0) is 9.97. The molecule has 0 saturated heterocycles. The van der Waals surface area contributed by atoms with E-state index in [0.29, 0.717) is 0 Å². The molecule has 14 heavy (non-hydrogen) atoms. The van der Waals surface area contributed by atoms with Crippen LogP contribution in [0.4, 0.5) is 0 Å². The van der Waals surface area contributed by atoms with Gasteiger partial charge in [0.25, 0.3) is 0 Å². The van der Waals surface area contributed by atoms with Crippen molar-refractivity contribution >= 4 is 39.4 Å². The molecular weight excluding hydrogens is 262 g/mol. The van der Waals surface area contributed by atoms with Crippen LogP contribution in [0.2, 0.25) is 0 Å². The van der Waals surface area contributed by atoms with Crippen molar-refractivity contribution in [2.45, 2.75) is 0 Å². The smallest absolute Gasteiger partial charge is 0.117 e. The molecule has 0 atom stereocenters. The van der Waals surface area contributed by atoms with Gasteiger partial charge in [-0.05, 0) is 28.1 Å². The molecule has 0 bridgehead atoms. The Balaban J connectivity index is 2.14. The Labute approximate surface area is 94.2 Å². The number of hydrogen-bond donors (Lipinski definition) is 0. The van der Waals surface area contributed by atoms with Crippen molar-refractivity contribution in [1.82, 2.24) is 14.8 Å². The van der Waals surface area contributed by atoms with Crippen molar-refractivity contribution < 1.29 is 0 Å². The molecule has 0 saturated carbocycles. The van der Waals surface area contributed by atoms with Crippen LogP contribution in [0.25, 0.3) is 12.2 Å². The van der Waals surface area contributed by atoms with E-state index in [1.165, 1.54) is 0 Å². The van der Waals surface area contributed by atoms with Crippen LogP contribution in [0.15, 0.2) is 22.4 Å². The largest absolute Gasteiger partial charge is 0.275 e. The topological polar surface area (TPSA) is 30.7 Å². The number of rotatable bonds is 2. The number of halogens is 1. The molecule has 3 nitrogen and oxygen atoms in total. The van der Waals surface area contributed by atoms with E-state index in [2.05, 4.69) is 26.0 Å². The lowest BCUT2D eigenvalue weighted by molar-refractivity contribution is 0.767. The number of aryl methyl sites for hydroxylation is 1. The van der Waals surface area contributed by atoms with Crippen molar-refractivity contribution in [3.05, 3.63) is 32.9 Å². The van der Waals surface area contributed by atoms with Crippen molar-refractivity contribution in [3.63, 3.8) is 0 Å². The van der Waals surface area contributed by atoms with E-state index in [9.17, 15) is 0 Å². The third-order valence-corrected chi connectivity index (χ3v) is 3.08. The van der Waals surface area contributed by atoms with Crippen molar-refractivity contribution in [2.75, 3.05) is 0 Å². The van der Waals surface area contributed by atoms with Crippen LogP contribution < -0.4 is 0 Å². The second kappa shape index (κ2) is 4.06. The van der Waals surface area contributed by atoms with E-state index in [4.69, 9.17) is 0 Å². The van der Waals surface area contributed by atoms with E-state index in [1.807, 2.05) is 31.6 Å². The van der Waals surface area contributed by atoms with Crippen LogP contribution in [0.5, 0.6) is 0 Å². The second-order valence-electron chi connectivity index (χ2n) is 2.78. The maximum atomic E-state index is 4.20.